The Kier molecular flexibility index (Phi) is 4.84. The SMILES string of the molecule is Cc1ccc2c(N(C(=O)OC(C)(C)C)C3CCNC3)nc(Cl)nc2c1. The van der Waals surface area contributed by atoms with E-state index in [2.05, 4.69) is 15.3 Å². The lowest BCUT2D eigenvalue weighted by Gasteiger charge is -2.31. The third-order valence-electron chi connectivity index (χ3n) is 4.02. The monoisotopic (exact) mass is 362 g/mol. The summed E-state index contributed by atoms with van der Waals surface area (Å²) < 4.78 is 5.63. The first-order chi connectivity index (χ1) is 11.7. The number of hydrogen-bond acceptors (Lipinski definition) is 5. The molecule has 25 heavy (non-hydrogen) atoms. The molecule has 6 nitrogen and oxygen atoms in total. The quantitative estimate of drug-likeness (QED) is 0.825. The molecule has 0 aliphatic carbocycles. The molecule has 7 heteroatoms. The molecule has 1 aliphatic rings. The molecule has 1 amide bonds. The molecule has 1 N–H and O–H groups in total. The number of halogens is 1. The second kappa shape index (κ2) is 6.77. The van der Waals surface area contributed by atoms with Gasteiger partial charge < -0.3 is 10.1 Å². The Morgan fingerprint density at radius 3 is 2.76 bits per heavy atom. The number of ether oxygens (including phenoxy) is 1. The number of fused-ring (bicyclic) bond motifs is 1. The van der Waals surface area contributed by atoms with Crippen molar-refractivity contribution in [3.05, 3.63) is 29.0 Å². The van der Waals surface area contributed by atoms with E-state index >= 15 is 0 Å². The maximum absolute atomic E-state index is 12.9. The largest absolute Gasteiger partial charge is 0.443 e. The molecular formula is C18H23ClN4O2. The summed E-state index contributed by atoms with van der Waals surface area (Å²) in [4.78, 5) is 23.2. The summed E-state index contributed by atoms with van der Waals surface area (Å²) >= 11 is 6.15. The average molecular weight is 363 g/mol. The summed E-state index contributed by atoms with van der Waals surface area (Å²) in [5, 5.41) is 4.19. The standard InChI is InChI=1S/C18H23ClN4O2/c1-11-5-6-13-14(9-11)21-16(19)22-15(13)23(12-7-8-20-10-12)17(24)25-18(2,3)4/h5-6,9,12,20H,7-8,10H2,1-4H3. The van der Waals surface area contributed by atoms with Gasteiger partial charge in [0.05, 0.1) is 11.6 Å². The number of rotatable bonds is 2. The van der Waals surface area contributed by atoms with Gasteiger partial charge in [-0.1, -0.05) is 6.07 Å². The highest BCUT2D eigenvalue weighted by atomic mass is 35.5. The Morgan fingerprint density at radius 1 is 1.36 bits per heavy atom. The Balaban J connectivity index is 2.12. The minimum atomic E-state index is -0.593. The number of aromatic nitrogens is 2. The Hall–Kier alpha value is -1.92. The van der Waals surface area contributed by atoms with E-state index in [1.807, 2.05) is 45.9 Å². The summed E-state index contributed by atoms with van der Waals surface area (Å²) in [6, 6.07) is 5.80. The first-order valence-electron chi connectivity index (χ1n) is 8.41. The molecule has 1 unspecified atom stereocenters. The third-order valence-corrected chi connectivity index (χ3v) is 4.19. The van der Waals surface area contributed by atoms with Crippen LogP contribution in [0.1, 0.15) is 32.8 Å². The minimum absolute atomic E-state index is 0.0367. The molecule has 1 aliphatic heterocycles. The van der Waals surface area contributed by atoms with Gasteiger partial charge in [-0.15, -0.1) is 0 Å². The van der Waals surface area contributed by atoms with Gasteiger partial charge in [-0.2, -0.15) is 4.98 Å². The highest BCUT2D eigenvalue weighted by Gasteiger charge is 2.33. The van der Waals surface area contributed by atoms with E-state index in [0.29, 0.717) is 12.4 Å². The fraction of sp³-hybridized carbons (Fsp3) is 0.500. The summed E-state index contributed by atoms with van der Waals surface area (Å²) in [6.07, 6.45) is 0.409. The molecule has 0 bridgehead atoms. The molecule has 1 fully saturated rings. The molecule has 1 atom stereocenters. The van der Waals surface area contributed by atoms with Gasteiger partial charge in [0.1, 0.15) is 5.60 Å². The predicted octanol–water partition coefficient (Wildman–Crippen LogP) is 3.70. The third kappa shape index (κ3) is 4.02. The average Bonchev–Trinajstić information content (AvgIpc) is 2.98. The van der Waals surface area contributed by atoms with Crippen molar-refractivity contribution in [2.75, 3.05) is 18.0 Å². The van der Waals surface area contributed by atoms with Gasteiger partial charge in [-0.05, 0) is 70.0 Å². The van der Waals surface area contributed by atoms with Crippen LogP contribution in [-0.2, 0) is 4.74 Å². The van der Waals surface area contributed by atoms with Crippen LogP contribution < -0.4 is 10.2 Å². The topological polar surface area (TPSA) is 67.3 Å². The van der Waals surface area contributed by atoms with Crippen molar-refractivity contribution in [3.63, 3.8) is 0 Å². The zero-order valence-corrected chi connectivity index (χ0v) is 15.7. The van der Waals surface area contributed by atoms with Crippen molar-refractivity contribution >= 4 is 34.4 Å². The minimum Gasteiger partial charge on any atom is -0.443 e. The number of aryl methyl sites for hydroxylation is 1. The zero-order valence-electron chi connectivity index (χ0n) is 15.0. The summed E-state index contributed by atoms with van der Waals surface area (Å²) in [5.41, 5.74) is 1.19. The van der Waals surface area contributed by atoms with Crippen LogP contribution in [0.4, 0.5) is 10.6 Å². The van der Waals surface area contributed by atoms with E-state index in [4.69, 9.17) is 16.3 Å². The molecule has 1 aromatic heterocycles. The molecule has 0 spiro atoms. The van der Waals surface area contributed by atoms with Gasteiger partial charge in [0.15, 0.2) is 5.82 Å². The molecule has 134 valence electrons. The zero-order chi connectivity index (χ0) is 18.2. The Morgan fingerprint density at radius 2 is 2.12 bits per heavy atom. The maximum atomic E-state index is 12.9. The van der Waals surface area contributed by atoms with E-state index in [-0.39, 0.29) is 11.3 Å². The summed E-state index contributed by atoms with van der Waals surface area (Å²) in [5.74, 6) is 0.498. The first-order valence-corrected chi connectivity index (χ1v) is 8.79. The number of anilines is 1. The van der Waals surface area contributed by atoms with Crippen molar-refractivity contribution < 1.29 is 9.53 Å². The lowest BCUT2D eigenvalue weighted by Crippen LogP contribution is -2.45. The summed E-state index contributed by atoms with van der Waals surface area (Å²) in [6.45, 7) is 9.08. The van der Waals surface area contributed by atoms with E-state index in [1.165, 1.54) is 0 Å². The number of carbonyl (C=O) groups is 1. The van der Waals surface area contributed by atoms with Gasteiger partial charge in [0.2, 0.25) is 5.28 Å². The molecule has 0 radical (unpaired) electrons. The van der Waals surface area contributed by atoms with Crippen LogP contribution >= 0.6 is 11.6 Å². The smallest absolute Gasteiger partial charge is 0.416 e. The second-order valence-electron chi connectivity index (χ2n) is 7.33. The molecule has 0 saturated carbocycles. The highest BCUT2D eigenvalue weighted by Crippen LogP contribution is 2.30. The van der Waals surface area contributed by atoms with Crippen LogP contribution in [0.15, 0.2) is 18.2 Å². The molecular weight excluding hydrogens is 340 g/mol. The van der Waals surface area contributed by atoms with Gasteiger partial charge in [0, 0.05) is 11.9 Å². The van der Waals surface area contributed by atoms with Crippen LogP contribution in [-0.4, -0.2) is 40.8 Å². The fourth-order valence-electron chi connectivity index (χ4n) is 2.96. The molecule has 2 aromatic rings. The predicted molar refractivity (Wildman–Crippen MR) is 99.3 cm³/mol. The van der Waals surface area contributed by atoms with Crippen LogP contribution in [0.2, 0.25) is 5.28 Å². The Bertz CT molecular complexity index is 792. The Labute approximate surface area is 152 Å². The van der Waals surface area contributed by atoms with E-state index in [1.54, 1.807) is 4.90 Å². The van der Waals surface area contributed by atoms with E-state index in [9.17, 15) is 4.79 Å². The maximum Gasteiger partial charge on any atom is 0.416 e. The molecule has 1 aromatic carbocycles. The normalized spacial score (nSPS) is 17.7. The van der Waals surface area contributed by atoms with Gasteiger partial charge in [-0.3, -0.25) is 4.90 Å². The van der Waals surface area contributed by atoms with Crippen LogP contribution in [0.25, 0.3) is 10.9 Å². The van der Waals surface area contributed by atoms with Crippen molar-refractivity contribution in [2.24, 2.45) is 0 Å². The van der Waals surface area contributed by atoms with Crippen molar-refractivity contribution in [3.8, 4) is 0 Å². The van der Waals surface area contributed by atoms with Crippen molar-refractivity contribution in [1.82, 2.24) is 15.3 Å². The van der Waals surface area contributed by atoms with Crippen LogP contribution in [0.5, 0.6) is 0 Å². The van der Waals surface area contributed by atoms with Gasteiger partial charge >= 0.3 is 6.09 Å². The van der Waals surface area contributed by atoms with Gasteiger partial charge in [0.25, 0.3) is 0 Å². The van der Waals surface area contributed by atoms with Gasteiger partial charge in [-0.25, -0.2) is 9.78 Å². The number of benzene rings is 1. The summed E-state index contributed by atoms with van der Waals surface area (Å²) in [7, 11) is 0. The lowest BCUT2D eigenvalue weighted by molar-refractivity contribution is 0.0567. The molecule has 3 rings (SSSR count). The number of hydrogen-bond donors (Lipinski definition) is 1. The fourth-order valence-corrected chi connectivity index (χ4v) is 3.13. The van der Waals surface area contributed by atoms with Crippen LogP contribution in [0.3, 0.4) is 0 Å². The van der Waals surface area contributed by atoms with E-state index in [0.717, 1.165) is 29.4 Å². The molecule has 2 heterocycles. The molecule has 1 saturated heterocycles. The van der Waals surface area contributed by atoms with Crippen molar-refractivity contribution in [1.29, 1.82) is 0 Å². The van der Waals surface area contributed by atoms with E-state index < -0.39 is 11.7 Å². The van der Waals surface area contributed by atoms with Crippen LogP contribution in [0, 0.1) is 6.92 Å². The lowest BCUT2D eigenvalue weighted by atomic mass is 10.1. The highest BCUT2D eigenvalue weighted by molar-refractivity contribution is 6.29. The number of amides is 1. The first kappa shape index (κ1) is 17.9. The number of carbonyl (C=O) groups excluding carboxylic acids is 1. The second-order valence-corrected chi connectivity index (χ2v) is 7.67. The number of nitrogens with one attached hydrogen (secondary N) is 1. The van der Waals surface area contributed by atoms with Crippen molar-refractivity contribution in [2.45, 2.75) is 45.8 Å². The number of nitrogens with zero attached hydrogens (tertiary/aromatic N) is 3.